The van der Waals surface area contributed by atoms with E-state index in [0.717, 1.165) is 22.0 Å². The van der Waals surface area contributed by atoms with E-state index in [2.05, 4.69) is 24.1 Å². The largest absolute Gasteiger partial charge is 0.486 e. The number of benzene rings is 1. The van der Waals surface area contributed by atoms with Crippen molar-refractivity contribution in [2.45, 2.75) is 33.4 Å². The highest BCUT2D eigenvalue weighted by Crippen LogP contribution is 2.38. The molecule has 0 spiro atoms. The van der Waals surface area contributed by atoms with E-state index in [4.69, 9.17) is 21.1 Å². The zero-order valence-electron chi connectivity index (χ0n) is 12.9. The summed E-state index contributed by atoms with van der Waals surface area (Å²) in [6.45, 7) is 8.07. The molecule has 0 saturated heterocycles. The summed E-state index contributed by atoms with van der Waals surface area (Å²) in [5.74, 6) is 1.38. The van der Waals surface area contributed by atoms with E-state index >= 15 is 0 Å². The molecule has 0 fully saturated rings. The fourth-order valence-corrected chi connectivity index (χ4v) is 3.82. The van der Waals surface area contributed by atoms with Gasteiger partial charge in [-0.1, -0.05) is 11.6 Å². The van der Waals surface area contributed by atoms with Gasteiger partial charge in [-0.3, -0.25) is 0 Å². The lowest BCUT2D eigenvalue weighted by atomic mass is 10.1. The van der Waals surface area contributed by atoms with Crippen LogP contribution in [-0.2, 0) is 6.54 Å². The lowest BCUT2D eigenvalue weighted by molar-refractivity contribution is 0.171. The summed E-state index contributed by atoms with van der Waals surface area (Å²) in [4.78, 5) is 5.76. The highest BCUT2D eigenvalue weighted by molar-refractivity contribution is 7.11. The van der Waals surface area contributed by atoms with Gasteiger partial charge in [-0.15, -0.1) is 11.3 Å². The first-order valence-electron chi connectivity index (χ1n) is 7.30. The Kier molecular flexibility index (Phi) is 4.57. The topological polar surface area (TPSA) is 43.4 Å². The van der Waals surface area contributed by atoms with Crippen molar-refractivity contribution < 1.29 is 9.47 Å². The molecule has 0 aliphatic carbocycles. The van der Waals surface area contributed by atoms with E-state index in [1.165, 1.54) is 4.88 Å². The van der Waals surface area contributed by atoms with Crippen LogP contribution in [0, 0.1) is 13.8 Å². The van der Waals surface area contributed by atoms with Crippen LogP contribution in [0.4, 0.5) is 0 Å². The number of hydrogen-bond acceptors (Lipinski definition) is 5. The predicted octanol–water partition coefficient (Wildman–Crippen LogP) is 4.04. The van der Waals surface area contributed by atoms with Crippen molar-refractivity contribution in [3.63, 3.8) is 0 Å². The summed E-state index contributed by atoms with van der Waals surface area (Å²) in [5, 5.41) is 5.22. The number of fused-ring (bicyclic) bond motifs is 1. The Hall–Kier alpha value is -1.30. The monoisotopic (exact) mass is 338 g/mol. The van der Waals surface area contributed by atoms with Crippen LogP contribution in [0.25, 0.3) is 0 Å². The smallest absolute Gasteiger partial charge is 0.179 e. The van der Waals surface area contributed by atoms with Gasteiger partial charge < -0.3 is 14.8 Å². The minimum atomic E-state index is 0.248. The standard InChI is InChI=1S/C16H19ClN2O2S/c1-9(16-10(2)19-11(3)22-16)18-8-12-6-13(17)15-14(7-12)20-4-5-21-15/h6-7,9,18H,4-5,8H2,1-3H3/t9-/m1/s1. The Balaban J connectivity index is 1.71. The Bertz CT molecular complexity index is 687. The van der Waals surface area contributed by atoms with E-state index < -0.39 is 0 Å². The van der Waals surface area contributed by atoms with Crippen molar-refractivity contribution in [3.8, 4) is 11.5 Å². The van der Waals surface area contributed by atoms with Gasteiger partial charge in [0.25, 0.3) is 0 Å². The zero-order chi connectivity index (χ0) is 15.7. The molecular formula is C16H19ClN2O2S. The highest BCUT2D eigenvalue weighted by Gasteiger charge is 2.17. The molecule has 118 valence electrons. The van der Waals surface area contributed by atoms with Gasteiger partial charge in [-0.05, 0) is 38.5 Å². The number of halogens is 1. The molecule has 2 aromatic rings. The normalized spacial score (nSPS) is 14.9. The zero-order valence-corrected chi connectivity index (χ0v) is 14.5. The summed E-state index contributed by atoms with van der Waals surface area (Å²) < 4.78 is 11.2. The van der Waals surface area contributed by atoms with Crippen LogP contribution in [-0.4, -0.2) is 18.2 Å². The van der Waals surface area contributed by atoms with Crippen molar-refractivity contribution in [1.29, 1.82) is 0 Å². The van der Waals surface area contributed by atoms with Crippen LogP contribution < -0.4 is 14.8 Å². The first kappa shape index (κ1) is 15.6. The molecule has 0 unspecified atom stereocenters. The fourth-order valence-electron chi connectivity index (χ4n) is 2.58. The summed E-state index contributed by atoms with van der Waals surface area (Å²) >= 11 is 8.01. The third-order valence-corrected chi connectivity index (χ3v) is 5.14. The van der Waals surface area contributed by atoms with Gasteiger partial charge in [-0.25, -0.2) is 4.98 Å². The molecule has 1 aliphatic heterocycles. The molecule has 1 aromatic heterocycles. The van der Waals surface area contributed by atoms with Gasteiger partial charge in [0.2, 0.25) is 0 Å². The van der Waals surface area contributed by atoms with Crippen molar-refractivity contribution in [2.75, 3.05) is 13.2 Å². The van der Waals surface area contributed by atoms with Crippen LogP contribution in [0.3, 0.4) is 0 Å². The fraction of sp³-hybridized carbons (Fsp3) is 0.438. The van der Waals surface area contributed by atoms with Crippen LogP contribution in [0.15, 0.2) is 12.1 Å². The lowest BCUT2D eigenvalue weighted by Gasteiger charge is -2.21. The molecule has 0 bridgehead atoms. The van der Waals surface area contributed by atoms with Gasteiger partial charge >= 0.3 is 0 Å². The molecule has 2 heterocycles. The van der Waals surface area contributed by atoms with Crippen molar-refractivity contribution in [2.24, 2.45) is 0 Å². The number of aryl methyl sites for hydroxylation is 2. The molecule has 0 saturated carbocycles. The molecule has 3 rings (SSSR count). The quantitative estimate of drug-likeness (QED) is 0.913. The SMILES string of the molecule is Cc1nc(C)c([C@@H](C)NCc2cc(Cl)c3c(c2)OCCO3)s1. The second-order valence-corrected chi connectivity index (χ2v) is 7.03. The third-order valence-electron chi connectivity index (χ3n) is 3.60. The minimum Gasteiger partial charge on any atom is -0.486 e. The van der Waals surface area contributed by atoms with E-state index in [0.29, 0.717) is 30.5 Å². The Morgan fingerprint density at radius 3 is 2.82 bits per heavy atom. The molecular weight excluding hydrogens is 320 g/mol. The Morgan fingerprint density at radius 2 is 2.09 bits per heavy atom. The lowest BCUT2D eigenvalue weighted by Crippen LogP contribution is -2.19. The maximum atomic E-state index is 6.27. The van der Waals surface area contributed by atoms with Gasteiger partial charge in [0.05, 0.1) is 15.7 Å². The maximum Gasteiger partial charge on any atom is 0.179 e. The first-order valence-corrected chi connectivity index (χ1v) is 8.49. The van der Waals surface area contributed by atoms with E-state index in [9.17, 15) is 0 Å². The molecule has 1 aliphatic rings. The number of ether oxygens (including phenoxy) is 2. The minimum absolute atomic E-state index is 0.248. The number of hydrogen-bond donors (Lipinski definition) is 1. The van der Waals surface area contributed by atoms with E-state index in [1.54, 1.807) is 11.3 Å². The number of rotatable bonds is 4. The summed E-state index contributed by atoms with van der Waals surface area (Å²) in [6, 6.07) is 4.17. The van der Waals surface area contributed by atoms with Crippen LogP contribution in [0.1, 0.15) is 34.1 Å². The average Bonchev–Trinajstić information content (AvgIpc) is 2.84. The predicted molar refractivity (Wildman–Crippen MR) is 89.3 cm³/mol. The summed E-state index contributed by atoms with van der Waals surface area (Å²) in [7, 11) is 0. The average molecular weight is 339 g/mol. The van der Waals surface area contributed by atoms with Crippen molar-refractivity contribution in [3.05, 3.63) is 38.3 Å². The van der Waals surface area contributed by atoms with Gasteiger partial charge in [0.1, 0.15) is 13.2 Å². The second kappa shape index (κ2) is 6.44. The highest BCUT2D eigenvalue weighted by atomic mass is 35.5. The van der Waals surface area contributed by atoms with E-state index in [1.807, 2.05) is 19.1 Å². The number of nitrogens with zero attached hydrogens (tertiary/aromatic N) is 1. The second-order valence-electron chi connectivity index (χ2n) is 5.39. The molecule has 1 atom stereocenters. The van der Waals surface area contributed by atoms with Crippen molar-refractivity contribution in [1.82, 2.24) is 10.3 Å². The molecule has 0 amide bonds. The Labute approximate surface area is 139 Å². The molecule has 1 aromatic carbocycles. The third kappa shape index (κ3) is 3.21. The van der Waals surface area contributed by atoms with Gasteiger partial charge in [-0.2, -0.15) is 0 Å². The number of nitrogens with one attached hydrogen (secondary N) is 1. The molecule has 4 nitrogen and oxygen atoms in total. The molecule has 1 N–H and O–H groups in total. The Morgan fingerprint density at radius 1 is 1.32 bits per heavy atom. The number of thiazole rings is 1. The summed E-state index contributed by atoms with van der Waals surface area (Å²) in [6.07, 6.45) is 0. The maximum absolute atomic E-state index is 6.27. The molecule has 22 heavy (non-hydrogen) atoms. The van der Waals surface area contributed by atoms with Crippen LogP contribution in [0.5, 0.6) is 11.5 Å². The first-order chi connectivity index (χ1) is 10.5. The molecule has 6 heteroatoms. The number of aromatic nitrogens is 1. The van der Waals surface area contributed by atoms with Crippen LogP contribution >= 0.6 is 22.9 Å². The van der Waals surface area contributed by atoms with E-state index in [-0.39, 0.29) is 6.04 Å². The van der Waals surface area contributed by atoms with Gasteiger partial charge in [0, 0.05) is 17.5 Å². The van der Waals surface area contributed by atoms with Crippen LogP contribution in [0.2, 0.25) is 5.02 Å². The van der Waals surface area contributed by atoms with Crippen molar-refractivity contribution >= 4 is 22.9 Å². The summed E-state index contributed by atoms with van der Waals surface area (Å²) in [5.41, 5.74) is 2.18. The molecule has 0 radical (unpaired) electrons. The van der Waals surface area contributed by atoms with Gasteiger partial charge in [0.15, 0.2) is 11.5 Å².